The maximum absolute atomic E-state index is 10.8. The van der Waals surface area contributed by atoms with Gasteiger partial charge >= 0.3 is 12.2 Å². The van der Waals surface area contributed by atoms with Crippen molar-refractivity contribution in [2.24, 2.45) is 0 Å². The molecule has 2 rings (SSSR count). The van der Waals surface area contributed by atoms with Gasteiger partial charge in [0.15, 0.2) is 0 Å². The van der Waals surface area contributed by atoms with E-state index in [-0.39, 0.29) is 6.54 Å². The molecule has 7 nitrogen and oxygen atoms in total. The highest BCUT2D eigenvalue weighted by Gasteiger charge is 2.25. The minimum atomic E-state index is -1.14. The second kappa shape index (κ2) is 3.26. The molecule has 1 amide bonds. The van der Waals surface area contributed by atoms with Crippen LogP contribution in [0.25, 0.3) is 0 Å². The molecule has 0 radical (unpaired) electrons. The van der Waals surface area contributed by atoms with E-state index in [0.29, 0.717) is 24.4 Å². The Bertz CT molecular complexity index is 426. The van der Waals surface area contributed by atoms with E-state index in [0.717, 1.165) is 4.57 Å². The fourth-order valence-corrected chi connectivity index (χ4v) is 1.62. The Morgan fingerprint density at radius 2 is 2.07 bits per heavy atom. The predicted molar refractivity (Wildman–Crippen MR) is 47.8 cm³/mol. The first-order valence-electron chi connectivity index (χ1n) is 4.36. The number of carboxylic acid groups (broad SMARTS) is 2. The third-order valence-corrected chi connectivity index (χ3v) is 2.39. The van der Waals surface area contributed by atoms with Crippen molar-refractivity contribution in [3.05, 3.63) is 17.7 Å². The summed E-state index contributed by atoms with van der Waals surface area (Å²) in [6.45, 7) is 0.440. The second-order valence-corrected chi connectivity index (χ2v) is 3.24. The molecule has 1 aliphatic heterocycles. The van der Waals surface area contributed by atoms with E-state index < -0.39 is 12.2 Å². The maximum Gasteiger partial charge on any atom is 0.417 e. The van der Waals surface area contributed by atoms with Gasteiger partial charge in [0, 0.05) is 13.0 Å². The Hall–Kier alpha value is -2.05. The van der Waals surface area contributed by atoms with Crippen LogP contribution in [-0.4, -0.2) is 43.4 Å². The average molecular weight is 211 g/mol. The number of nitrogens with zero attached hydrogens (tertiary/aromatic N) is 3. The van der Waals surface area contributed by atoms with E-state index in [2.05, 4.69) is 4.98 Å². The number of imidazole rings is 1. The first-order chi connectivity index (χ1) is 7.09. The number of amides is 1. The minimum absolute atomic E-state index is 0.0803. The molecule has 7 heteroatoms. The molecule has 80 valence electrons. The smallest absolute Gasteiger partial charge is 0.417 e. The van der Waals surface area contributed by atoms with Crippen LogP contribution in [0.4, 0.5) is 9.59 Å². The summed E-state index contributed by atoms with van der Waals surface area (Å²) in [5.41, 5.74) is 1.10. The van der Waals surface area contributed by atoms with E-state index in [1.165, 1.54) is 11.2 Å². The standard InChI is InChI=1S/C8H9N3O4/c12-7(13)10-2-1-5-6(3-10)11(4-9-5)8(14)15/h4H,1-3H2,(H,12,13)(H,14,15). The molecule has 0 saturated carbocycles. The summed E-state index contributed by atoms with van der Waals surface area (Å²) < 4.78 is 0.963. The van der Waals surface area contributed by atoms with Crippen molar-refractivity contribution in [1.82, 2.24) is 14.5 Å². The predicted octanol–water partition coefficient (Wildman–Crippen LogP) is 0.445. The molecule has 15 heavy (non-hydrogen) atoms. The summed E-state index contributed by atoms with van der Waals surface area (Å²) in [4.78, 5) is 26.6. The monoisotopic (exact) mass is 211 g/mol. The fraction of sp³-hybridized carbons (Fsp3) is 0.375. The molecule has 1 aromatic heterocycles. The molecule has 0 aliphatic carbocycles. The highest BCUT2D eigenvalue weighted by atomic mass is 16.4. The number of carbonyl (C=O) groups is 2. The zero-order valence-corrected chi connectivity index (χ0v) is 7.75. The van der Waals surface area contributed by atoms with Gasteiger partial charge in [-0.15, -0.1) is 0 Å². The number of hydrogen-bond acceptors (Lipinski definition) is 3. The molecule has 1 aromatic rings. The Labute approximate surface area is 84.6 Å². The summed E-state index contributed by atoms with van der Waals surface area (Å²) in [6.07, 6.45) is -0.518. The van der Waals surface area contributed by atoms with Gasteiger partial charge in [0.2, 0.25) is 0 Å². The molecular weight excluding hydrogens is 202 g/mol. The van der Waals surface area contributed by atoms with Gasteiger partial charge in [-0.3, -0.25) is 0 Å². The van der Waals surface area contributed by atoms with Crippen molar-refractivity contribution in [2.75, 3.05) is 6.54 Å². The molecule has 1 aliphatic rings. The Balaban J connectivity index is 2.34. The lowest BCUT2D eigenvalue weighted by atomic mass is 10.1. The van der Waals surface area contributed by atoms with Crippen molar-refractivity contribution in [2.45, 2.75) is 13.0 Å². The largest absolute Gasteiger partial charge is 0.465 e. The molecule has 0 atom stereocenters. The van der Waals surface area contributed by atoms with Gasteiger partial charge in [-0.1, -0.05) is 0 Å². The van der Waals surface area contributed by atoms with Crippen LogP contribution >= 0.6 is 0 Å². The van der Waals surface area contributed by atoms with E-state index in [4.69, 9.17) is 10.2 Å². The van der Waals surface area contributed by atoms with Gasteiger partial charge < -0.3 is 15.1 Å². The lowest BCUT2D eigenvalue weighted by Gasteiger charge is -2.23. The average Bonchev–Trinajstić information content (AvgIpc) is 2.59. The van der Waals surface area contributed by atoms with Crippen LogP contribution in [0.15, 0.2) is 6.33 Å². The third-order valence-electron chi connectivity index (χ3n) is 2.39. The van der Waals surface area contributed by atoms with Crippen LogP contribution in [0.5, 0.6) is 0 Å². The summed E-state index contributed by atoms with van der Waals surface area (Å²) in [7, 11) is 0. The Morgan fingerprint density at radius 1 is 1.33 bits per heavy atom. The van der Waals surface area contributed by atoms with Crippen LogP contribution in [-0.2, 0) is 13.0 Å². The van der Waals surface area contributed by atoms with Gasteiger partial charge in [0.25, 0.3) is 0 Å². The molecule has 0 aromatic carbocycles. The second-order valence-electron chi connectivity index (χ2n) is 3.24. The number of aromatic nitrogens is 2. The fourth-order valence-electron chi connectivity index (χ4n) is 1.62. The molecule has 0 bridgehead atoms. The SMILES string of the molecule is O=C(O)N1CCc2ncn(C(=O)O)c2C1. The lowest BCUT2D eigenvalue weighted by molar-refractivity contribution is 0.137. The normalized spacial score (nSPS) is 14.8. The summed E-state index contributed by atoms with van der Waals surface area (Å²) >= 11 is 0. The number of fused-ring (bicyclic) bond motifs is 1. The van der Waals surface area contributed by atoms with Gasteiger partial charge in [-0.05, 0) is 0 Å². The number of rotatable bonds is 0. The van der Waals surface area contributed by atoms with Crippen molar-refractivity contribution in [3.63, 3.8) is 0 Å². The first-order valence-corrected chi connectivity index (χ1v) is 4.36. The minimum Gasteiger partial charge on any atom is -0.465 e. The van der Waals surface area contributed by atoms with Crippen LogP contribution in [0, 0.1) is 0 Å². The molecule has 0 saturated heterocycles. The van der Waals surface area contributed by atoms with E-state index in [1.54, 1.807) is 0 Å². The van der Waals surface area contributed by atoms with Crippen LogP contribution in [0.3, 0.4) is 0 Å². The lowest BCUT2D eigenvalue weighted by Crippen LogP contribution is -2.36. The summed E-state index contributed by atoms with van der Waals surface area (Å²) in [5.74, 6) is 0. The van der Waals surface area contributed by atoms with E-state index >= 15 is 0 Å². The molecular formula is C8H9N3O4. The van der Waals surface area contributed by atoms with Crippen LogP contribution in [0.2, 0.25) is 0 Å². The van der Waals surface area contributed by atoms with Crippen LogP contribution < -0.4 is 0 Å². The van der Waals surface area contributed by atoms with Gasteiger partial charge in [0.05, 0.1) is 17.9 Å². The van der Waals surface area contributed by atoms with Gasteiger partial charge in [0.1, 0.15) is 6.33 Å². The zero-order chi connectivity index (χ0) is 11.0. The molecule has 0 unspecified atom stereocenters. The van der Waals surface area contributed by atoms with E-state index in [1.807, 2.05) is 0 Å². The third kappa shape index (κ3) is 1.51. The van der Waals surface area contributed by atoms with Gasteiger partial charge in [-0.2, -0.15) is 0 Å². The molecule has 2 N–H and O–H groups in total. The molecule has 2 heterocycles. The Morgan fingerprint density at radius 3 is 2.67 bits per heavy atom. The zero-order valence-electron chi connectivity index (χ0n) is 7.75. The summed E-state index contributed by atoms with van der Waals surface area (Å²) in [5, 5.41) is 17.6. The van der Waals surface area contributed by atoms with Gasteiger partial charge in [-0.25, -0.2) is 19.1 Å². The van der Waals surface area contributed by atoms with Crippen LogP contribution in [0.1, 0.15) is 11.4 Å². The Kier molecular flexibility index (Phi) is 2.07. The first kappa shape index (κ1) is 9.50. The number of hydrogen-bond donors (Lipinski definition) is 2. The highest BCUT2D eigenvalue weighted by Crippen LogP contribution is 2.17. The van der Waals surface area contributed by atoms with E-state index in [9.17, 15) is 9.59 Å². The molecule has 0 fully saturated rings. The van der Waals surface area contributed by atoms with Crippen molar-refractivity contribution in [1.29, 1.82) is 0 Å². The summed E-state index contributed by atoms with van der Waals surface area (Å²) in [6, 6.07) is 0. The topological polar surface area (TPSA) is 95.7 Å². The quantitative estimate of drug-likeness (QED) is 0.649. The van der Waals surface area contributed by atoms with Crippen molar-refractivity contribution in [3.8, 4) is 0 Å². The van der Waals surface area contributed by atoms with Crippen molar-refractivity contribution < 1.29 is 19.8 Å². The highest BCUT2D eigenvalue weighted by molar-refractivity contribution is 5.70. The van der Waals surface area contributed by atoms with Crippen molar-refractivity contribution >= 4 is 12.2 Å². The maximum atomic E-state index is 10.8. The molecule has 0 spiro atoms.